The van der Waals surface area contributed by atoms with Crippen LogP contribution in [0.2, 0.25) is 0 Å². The van der Waals surface area contributed by atoms with E-state index in [1.54, 1.807) is 7.05 Å². The number of nitriles is 1. The molecule has 1 aromatic rings. The van der Waals surface area contributed by atoms with Crippen molar-refractivity contribution >= 4 is 10.0 Å². The van der Waals surface area contributed by atoms with Crippen molar-refractivity contribution in [2.45, 2.75) is 18.2 Å². The zero-order valence-electron chi connectivity index (χ0n) is 9.29. The Hall–Kier alpha value is -1.39. The van der Waals surface area contributed by atoms with Crippen molar-refractivity contribution in [1.29, 1.82) is 5.26 Å². The molecule has 0 bridgehead atoms. The summed E-state index contributed by atoms with van der Waals surface area (Å²) in [5, 5.41) is 12.4. The zero-order valence-corrected chi connectivity index (χ0v) is 10.1. The summed E-state index contributed by atoms with van der Waals surface area (Å²) in [5.41, 5.74) is 0. The highest BCUT2D eigenvalue weighted by Gasteiger charge is 2.24. The number of aryl methyl sites for hydroxylation is 1. The summed E-state index contributed by atoms with van der Waals surface area (Å²) in [5.74, 6) is 0. The van der Waals surface area contributed by atoms with Gasteiger partial charge in [-0.1, -0.05) is 6.92 Å². The summed E-state index contributed by atoms with van der Waals surface area (Å²) in [6.07, 6.45) is 3.38. The average Bonchev–Trinajstić information content (AvgIpc) is 2.65. The van der Waals surface area contributed by atoms with Gasteiger partial charge in [0.05, 0.1) is 12.3 Å². The van der Waals surface area contributed by atoms with Crippen LogP contribution < -0.4 is 0 Å². The van der Waals surface area contributed by atoms with Crippen molar-refractivity contribution in [2.24, 2.45) is 7.05 Å². The SMILES string of the molecule is CCCN(CC#N)S(=O)(=O)c1cnn(C)c1. The molecule has 0 N–H and O–H groups in total. The van der Waals surface area contributed by atoms with E-state index in [0.717, 1.165) is 4.31 Å². The van der Waals surface area contributed by atoms with Crippen molar-refractivity contribution < 1.29 is 8.42 Å². The first-order valence-electron chi connectivity index (χ1n) is 4.88. The minimum Gasteiger partial charge on any atom is -0.274 e. The van der Waals surface area contributed by atoms with E-state index in [2.05, 4.69) is 5.10 Å². The first-order chi connectivity index (χ1) is 7.52. The van der Waals surface area contributed by atoms with Crippen LogP contribution in [0.5, 0.6) is 0 Å². The van der Waals surface area contributed by atoms with E-state index < -0.39 is 10.0 Å². The van der Waals surface area contributed by atoms with E-state index in [9.17, 15) is 8.42 Å². The van der Waals surface area contributed by atoms with Crippen LogP contribution in [0.1, 0.15) is 13.3 Å². The molecule has 0 aliphatic heterocycles. The van der Waals surface area contributed by atoms with Crippen molar-refractivity contribution in [1.82, 2.24) is 14.1 Å². The van der Waals surface area contributed by atoms with Gasteiger partial charge < -0.3 is 0 Å². The van der Waals surface area contributed by atoms with Gasteiger partial charge in [-0.15, -0.1) is 0 Å². The lowest BCUT2D eigenvalue weighted by atomic mass is 10.5. The third kappa shape index (κ3) is 2.59. The molecule has 0 amide bonds. The summed E-state index contributed by atoms with van der Waals surface area (Å²) in [7, 11) is -1.93. The van der Waals surface area contributed by atoms with E-state index in [1.165, 1.54) is 17.1 Å². The number of aromatic nitrogens is 2. The third-order valence-corrected chi connectivity index (χ3v) is 3.84. The van der Waals surface area contributed by atoms with Crippen molar-refractivity contribution in [2.75, 3.05) is 13.1 Å². The number of hydrogen-bond acceptors (Lipinski definition) is 4. The molecule has 0 atom stereocenters. The maximum atomic E-state index is 12.0. The number of nitrogens with zero attached hydrogens (tertiary/aromatic N) is 4. The van der Waals surface area contributed by atoms with Crippen LogP contribution in [-0.2, 0) is 17.1 Å². The molecule has 1 rings (SSSR count). The molecule has 0 aliphatic rings. The molecule has 0 aromatic carbocycles. The van der Waals surface area contributed by atoms with Crippen molar-refractivity contribution in [3.63, 3.8) is 0 Å². The molecule has 88 valence electrons. The molecule has 0 fully saturated rings. The molecule has 0 spiro atoms. The lowest BCUT2D eigenvalue weighted by Gasteiger charge is -2.16. The molecule has 1 aromatic heterocycles. The summed E-state index contributed by atoms with van der Waals surface area (Å²) < 4.78 is 26.7. The Labute approximate surface area is 95.1 Å². The zero-order chi connectivity index (χ0) is 12.2. The highest BCUT2D eigenvalue weighted by atomic mass is 32.2. The number of hydrogen-bond donors (Lipinski definition) is 0. The maximum absolute atomic E-state index is 12.0. The quantitative estimate of drug-likeness (QED) is 0.698. The van der Waals surface area contributed by atoms with Gasteiger partial charge in [0, 0.05) is 19.8 Å². The number of sulfonamides is 1. The molecule has 1 heterocycles. The fourth-order valence-electron chi connectivity index (χ4n) is 1.29. The molecule has 0 aliphatic carbocycles. The summed E-state index contributed by atoms with van der Waals surface area (Å²) in [4.78, 5) is 0.124. The lowest BCUT2D eigenvalue weighted by Crippen LogP contribution is -2.32. The maximum Gasteiger partial charge on any atom is 0.247 e. The van der Waals surface area contributed by atoms with E-state index in [1.807, 2.05) is 13.0 Å². The van der Waals surface area contributed by atoms with Gasteiger partial charge in [0.1, 0.15) is 11.4 Å². The number of rotatable bonds is 5. The van der Waals surface area contributed by atoms with Gasteiger partial charge in [-0.25, -0.2) is 8.42 Å². The Morgan fingerprint density at radius 3 is 2.75 bits per heavy atom. The second kappa shape index (κ2) is 5.09. The van der Waals surface area contributed by atoms with Crippen LogP contribution in [0, 0.1) is 11.3 Å². The molecule has 0 saturated heterocycles. The first-order valence-corrected chi connectivity index (χ1v) is 6.32. The van der Waals surface area contributed by atoms with Crippen LogP contribution in [0.25, 0.3) is 0 Å². The normalized spacial score (nSPS) is 11.6. The predicted octanol–water partition coefficient (Wildman–Crippen LogP) is 0.344. The Bertz CT molecular complexity index is 486. The second-order valence-electron chi connectivity index (χ2n) is 3.35. The molecule has 6 nitrogen and oxygen atoms in total. The van der Waals surface area contributed by atoms with Gasteiger partial charge in [0.25, 0.3) is 0 Å². The van der Waals surface area contributed by atoms with E-state index in [-0.39, 0.29) is 11.4 Å². The molecule has 0 radical (unpaired) electrons. The van der Waals surface area contributed by atoms with Crippen LogP contribution in [0.3, 0.4) is 0 Å². The average molecular weight is 242 g/mol. The fourth-order valence-corrected chi connectivity index (χ4v) is 2.71. The standard InChI is InChI=1S/C9H14N4O2S/c1-3-5-13(6-4-10)16(14,15)9-7-11-12(2)8-9/h7-8H,3,5-6H2,1-2H3. The molecule has 7 heteroatoms. The largest absolute Gasteiger partial charge is 0.274 e. The molecule has 0 unspecified atom stereocenters. The summed E-state index contributed by atoms with van der Waals surface area (Å²) >= 11 is 0. The van der Waals surface area contributed by atoms with Gasteiger partial charge in [-0.3, -0.25) is 4.68 Å². The first kappa shape index (κ1) is 12.7. The lowest BCUT2D eigenvalue weighted by molar-refractivity contribution is 0.444. The topological polar surface area (TPSA) is 79.0 Å². The second-order valence-corrected chi connectivity index (χ2v) is 5.28. The van der Waals surface area contributed by atoms with E-state index >= 15 is 0 Å². The Balaban J connectivity index is 3.03. The summed E-state index contributed by atoms with van der Waals surface area (Å²) in [6, 6.07) is 1.85. The Morgan fingerprint density at radius 2 is 2.31 bits per heavy atom. The van der Waals surface area contributed by atoms with Crippen LogP contribution in [-0.4, -0.2) is 35.6 Å². The van der Waals surface area contributed by atoms with Crippen LogP contribution in [0.15, 0.2) is 17.3 Å². The molecular formula is C9H14N4O2S. The minimum atomic E-state index is -3.58. The highest BCUT2D eigenvalue weighted by Crippen LogP contribution is 2.14. The van der Waals surface area contributed by atoms with Gasteiger partial charge in [0.2, 0.25) is 10.0 Å². The monoisotopic (exact) mass is 242 g/mol. The predicted molar refractivity (Wildman–Crippen MR) is 57.9 cm³/mol. The van der Waals surface area contributed by atoms with E-state index in [0.29, 0.717) is 13.0 Å². The van der Waals surface area contributed by atoms with Crippen LogP contribution in [0.4, 0.5) is 0 Å². The van der Waals surface area contributed by atoms with Gasteiger partial charge in [-0.05, 0) is 6.42 Å². The summed E-state index contributed by atoms with van der Waals surface area (Å²) in [6.45, 7) is 2.07. The van der Waals surface area contributed by atoms with Gasteiger partial charge in [-0.2, -0.15) is 14.7 Å². The van der Waals surface area contributed by atoms with Crippen molar-refractivity contribution in [3.05, 3.63) is 12.4 Å². The van der Waals surface area contributed by atoms with Gasteiger partial charge >= 0.3 is 0 Å². The highest BCUT2D eigenvalue weighted by molar-refractivity contribution is 7.89. The minimum absolute atomic E-state index is 0.124. The van der Waals surface area contributed by atoms with Crippen LogP contribution >= 0.6 is 0 Å². The molecule has 0 saturated carbocycles. The van der Waals surface area contributed by atoms with Crippen molar-refractivity contribution in [3.8, 4) is 6.07 Å². The Morgan fingerprint density at radius 1 is 1.62 bits per heavy atom. The molecule has 16 heavy (non-hydrogen) atoms. The van der Waals surface area contributed by atoms with E-state index in [4.69, 9.17) is 5.26 Å². The fraction of sp³-hybridized carbons (Fsp3) is 0.556. The van der Waals surface area contributed by atoms with Gasteiger partial charge in [0.15, 0.2) is 0 Å². The third-order valence-electron chi connectivity index (χ3n) is 2.04. The molecular weight excluding hydrogens is 228 g/mol. The smallest absolute Gasteiger partial charge is 0.247 e. The Kier molecular flexibility index (Phi) is 4.04.